The van der Waals surface area contributed by atoms with Gasteiger partial charge in [0.25, 0.3) is 5.91 Å². The average molecular weight is 398 g/mol. The number of anilines is 1. The summed E-state index contributed by atoms with van der Waals surface area (Å²) in [6.45, 7) is 0. The maximum atomic E-state index is 12.3. The van der Waals surface area contributed by atoms with Crippen LogP contribution >= 0.6 is 15.9 Å². The van der Waals surface area contributed by atoms with E-state index in [1.54, 1.807) is 18.2 Å². The molecule has 1 aliphatic carbocycles. The van der Waals surface area contributed by atoms with Gasteiger partial charge in [0.15, 0.2) is 0 Å². The number of amides is 1. The monoisotopic (exact) mass is 397 g/mol. The molecule has 0 radical (unpaired) electrons. The molecule has 5 heteroatoms. The van der Waals surface area contributed by atoms with E-state index >= 15 is 0 Å². The SMILES string of the molecule is N#C/C(=C\c1ccn(C2CCCCC2)c1)C(=O)Nc1cccc(Br)c1. The zero-order chi connectivity index (χ0) is 17.6. The highest BCUT2D eigenvalue weighted by Gasteiger charge is 2.15. The summed E-state index contributed by atoms with van der Waals surface area (Å²) in [6, 6.07) is 11.8. The fourth-order valence-electron chi connectivity index (χ4n) is 3.20. The van der Waals surface area contributed by atoms with Crippen LogP contribution in [0.1, 0.15) is 43.7 Å². The van der Waals surface area contributed by atoms with Gasteiger partial charge in [-0.1, -0.05) is 41.3 Å². The van der Waals surface area contributed by atoms with E-state index < -0.39 is 5.91 Å². The Morgan fingerprint density at radius 1 is 1.28 bits per heavy atom. The van der Waals surface area contributed by atoms with Crippen LogP contribution in [0.3, 0.4) is 0 Å². The van der Waals surface area contributed by atoms with Gasteiger partial charge in [0.1, 0.15) is 11.6 Å². The first-order valence-corrected chi connectivity index (χ1v) is 9.31. The Labute approximate surface area is 156 Å². The molecule has 0 atom stereocenters. The first-order valence-electron chi connectivity index (χ1n) is 8.52. The Kier molecular flexibility index (Phi) is 5.72. The molecular formula is C20H20BrN3O. The molecule has 4 nitrogen and oxygen atoms in total. The third-order valence-corrected chi connectivity index (χ3v) is 4.99. The Morgan fingerprint density at radius 3 is 2.80 bits per heavy atom. The summed E-state index contributed by atoms with van der Waals surface area (Å²) >= 11 is 3.37. The Balaban J connectivity index is 1.72. The van der Waals surface area contributed by atoms with Crippen molar-refractivity contribution in [1.29, 1.82) is 5.26 Å². The zero-order valence-corrected chi connectivity index (χ0v) is 15.5. The normalized spacial score (nSPS) is 15.6. The lowest BCUT2D eigenvalue weighted by molar-refractivity contribution is -0.112. The van der Waals surface area contributed by atoms with Crippen molar-refractivity contribution < 1.29 is 4.79 Å². The molecule has 25 heavy (non-hydrogen) atoms. The van der Waals surface area contributed by atoms with Gasteiger partial charge in [0.2, 0.25) is 0 Å². The predicted molar refractivity (Wildman–Crippen MR) is 103 cm³/mol. The number of hydrogen-bond acceptors (Lipinski definition) is 2. The largest absolute Gasteiger partial charge is 0.351 e. The number of carbonyl (C=O) groups is 1. The van der Waals surface area contributed by atoms with E-state index in [1.165, 1.54) is 32.1 Å². The second kappa shape index (κ2) is 8.17. The smallest absolute Gasteiger partial charge is 0.266 e. The van der Waals surface area contributed by atoms with Crippen LogP contribution in [-0.2, 0) is 4.79 Å². The molecule has 1 saturated carbocycles. The third kappa shape index (κ3) is 4.61. The van der Waals surface area contributed by atoms with E-state index in [0.717, 1.165) is 10.0 Å². The molecule has 0 unspecified atom stereocenters. The van der Waals surface area contributed by atoms with Gasteiger partial charge in [-0.3, -0.25) is 4.79 Å². The van der Waals surface area contributed by atoms with Crippen LogP contribution in [0, 0.1) is 11.3 Å². The first kappa shape index (κ1) is 17.5. The van der Waals surface area contributed by atoms with Crippen molar-refractivity contribution in [2.45, 2.75) is 38.1 Å². The van der Waals surface area contributed by atoms with E-state index in [9.17, 15) is 10.1 Å². The molecule has 1 fully saturated rings. The fraction of sp³-hybridized carbons (Fsp3) is 0.300. The van der Waals surface area contributed by atoms with Gasteiger partial charge in [-0.15, -0.1) is 0 Å². The van der Waals surface area contributed by atoms with E-state index in [0.29, 0.717) is 11.7 Å². The van der Waals surface area contributed by atoms with Gasteiger partial charge >= 0.3 is 0 Å². The summed E-state index contributed by atoms with van der Waals surface area (Å²) in [5, 5.41) is 12.1. The van der Waals surface area contributed by atoms with Crippen LogP contribution in [-0.4, -0.2) is 10.5 Å². The number of benzene rings is 1. The van der Waals surface area contributed by atoms with Gasteiger partial charge in [-0.05, 0) is 48.7 Å². The molecule has 0 spiro atoms. The van der Waals surface area contributed by atoms with Gasteiger partial charge < -0.3 is 9.88 Å². The molecule has 1 N–H and O–H groups in total. The summed E-state index contributed by atoms with van der Waals surface area (Å²) in [6.07, 6.45) is 12.0. The topological polar surface area (TPSA) is 57.8 Å². The Morgan fingerprint density at radius 2 is 2.08 bits per heavy atom. The van der Waals surface area contributed by atoms with Crippen LogP contribution in [0.25, 0.3) is 6.08 Å². The molecule has 0 bridgehead atoms. The third-order valence-electron chi connectivity index (χ3n) is 4.49. The summed E-state index contributed by atoms with van der Waals surface area (Å²) in [5.74, 6) is -0.397. The summed E-state index contributed by atoms with van der Waals surface area (Å²) in [7, 11) is 0. The molecule has 2 aromatic rings. The number of nitrogens with one attached hydrogen (secondary N) is 1. The van der Waals surface area contributed by atoms with Crippen LogP contribution in [0.2, 0.25) is 0 Å². The minimum atomic E-state index is -0.397. The number of hydrogen-bond donors (Lipinski definition) is 1. The minimum Gasteiger partial charge on any atom is -0.351 e. The minimum absolute atomic E-state index is 0.0985. The molecule has 1 aromatic carbocycles. The predicted octanol–water partition coefficient (Wildman–Crippen LogP) is 5.30. The second-order valence-electron chi connectivity index (χ2n) is 6.32. The highest BCUT2D eigenvalue weighted by molar-refractivity contribution is 9.10. The molecule has 1 amide bonds. The number of halogens is 1. The van der Waals surface area contributed by atoms with Crippen LogP contribution < -0.4 is 5.32 Å². The molecule has 0 saturated heterocycles. The number of rotatable bonds is 4. The Bertz CT molecular complexity index is 825. The van der Waals surface area contributed by atoms with E-state index in [1.807, 2.05) is 36.7 Å². The maximum Gasteiger partial charge on any atom is 0.266 e. The van der Waals surface area contributed by atoms with Gasteiger partial charge in [-0.2, -0.15) is 5.26 Å². The molecule has 3 rings (SSSR count). The zero-order valence-electron chi connectivity index (χ0n) is 13.9. The number of nitriles is 1. The lowest BCUT2D eigenvalue weighted by Gasteiger charge is -2.23. The highest BCUT2D eigenvalue weighted by Crippen LogP contribution is 2.28. The number of carbonyl (C=O) groups excluding carboxylic acids is 1. The quantitative estimate of drug-likeness (QED) is 0.561. The van der Waals surface area contributed by atoms with Crippen LogP contribution in [0.15, 0.2) is 52.8 Å². The first-order chi connectivity index (χ1) is 12.2. The molecule has 1 aromatic heterocycles. The van der Waals surface area contributed by atoms with Crippen molar-refractivity contribution in [3.63, 3.8) is 0 Å². The summed E-state index contributed by atoms with van der Waals surface area (Å²) in [4.78, 5) is 12.3. The van der Waals surface area contributed by atoms with Crippen molar-refractivity contribution >= 4 is 33.6 Å². The maximum absolute atomic E-state index is 12.3. The summed E-state index contributed by atoms with van der Waals surface area (Å²) in [5.41, 5.74) is 1.63. The van der Waals surface area contributed by atoms with Crippen molar-refractivity contribution in [3.8, 4) is 6.07 Å². The van der Waals surface area contributed by atoms with E-state index in [2.05, 4.69) is 25.8 Å². The lowest BCUT2D eigenvalue weighted by Crippen LogP contribution is -2.13. The molecule has 1 heterocycles. The second-order valence-corrected chi connectivity index (χ2v) is 7.23. The fourth-order valence-corrected chi connectivity index (χ4v) is 3.60. The summed E-state index contributed by atoms with van der Waals surface area (Å²) < 4.78 is 3.09. The standard InChI is InChI=1S/C20H20BrN3O/c21-17-5-4-6-18(12-17)23-20(25)16(13-22)11-15-9-10-24(14-15)19-7-2-1-3-8-19/h4-6,9-12,14,19H,1-3,7-8H2,(H,23,25)/b16-11+. The van der Waals surface area contributed by atoms with Crippen LogP contribution in [0.4, 0.5) is 5.69 Å². The number of nitrogens with zero attached hydrogens (tertiary/aromatic N) is 2. The molecular weight excluding hydrogens is 378 g/mol. The molecule has 128 valence electrons. The van der Waals surface area contributed by atoms with Crippen molar-refractivity contribution in [3.05, 3.63) is 58.3 Å². The highest BCUT2D eigenvalue weighted by atomic mass is 79.9. The van der Waals surface area contributed by atoms with E-state index in [4.69, 9.17) is 0 Å². The van der Waals surface area contributed by atoms with Gasteiger partial charge in [-0.25, -0.2) is 0 Å². The molecule has 0 aliphatic heterocycles. The van der Waals surface area contributed by atoms with E-state index in [-0.39, 0.29) is 5.57 Å². The lowest BCUT2D eigenvalue weighted by atomic mass is 9.95. The van der Waals surface area contributed by atoms with Crippen LogP contribution in [0.5, 0.6) is 0 Å². The Hall–Kier alpha value is -2.32. The van der Waals surface area contributed by atoms with Gasteiger partial charge in [0.05, 0.1) is 0 Å². The van der Waals surface area contributed by atoms with Crippen molar-refractivity contribution in [2.75, 3.05) is 5.32 Å². The van der Waals surface area contributed by atoms with Crippen molar-refractivity contribution in [2.24, 2.45) is 0 Å². The van der Waals surface area contributed by atoms with Crippen molar-refractivity contribution in [1.82, 2.24) is 4.57 Å². The molecule has 1 aliphatic rings. The average Bonchev–Trinajstić information content (AvgIpc) is 3.09. The number of aromatic nitrogens is 1. The van der Waals surface area contributed by atoms with Gasteiger partial charge in [0, 0.05) is 28.6 Å².